The van der Waals surface area contributed by atoms with Gasteiger partial charge < -0.3 is 4.57 Å². The van der Waals surface area contributed by atoms with E-state index in [0.717, 1.165) is 89.4 Å². The van der Waals surface area contributed by atoms with Crippen molar-refractivity contribution in [2.24, 2.45) is 0 Å². The molecule has 12 rings (SSSR count). The zero-order valence-electron chi connectivity index (χ0n) is 34.1. The summed E-state index contributed by atoms with van der Waals surface area (Å²) in [4.78, 5) is 20.2. The summed E-state index contributed by atoms with van der Waals surface area (Å²) in [6, 6.07) is 74.6. The Balaban J connectivity index is 1.04. The van der Waals surface area contributed by atoms with E-state index in [0.29, 0.717) is 0 Å². The predicted octanol–water partition coefficient (Wildman–Crippen LogP) is 14.7. The Kier molecular flexibility index (Phi) is 8.75. The molecule has 0 spiro atoms. The van der Waals surface area contributed by atoms with Gasteiger partial charge in [-0.3, -0.25) is 9.97 Å². The second kappa shape index (κ2) is 15.2. The third-order valence-corrected chi connectivity index (χ3v) is 12.1. The molecule has 0 atom stereocenters. The molecule has 0 fully saturated rings. The molecule has 0 aliphatic heterocycles. The molecular weight excluding hydrogens is 767 g/mol. The fraction of sp³-hybridized carbons (Fsp3) is 0. The molecule has 5 aromatic heterocycles. The molecule has 0 N–H and O–H groups in total. The van der Waals surface area contributed by atoms with Crippen LogP contribution < -0.4 is 0 Å². The maximum absolute atomic E-state index is 5.43. The van der Waals surface area contributed by atoms with Gasteiger partial charge in [0, 0.05) is 67.3 Å². The molecule has 5 heterocycles. The number of rotatable bonds is 7. The highest BCUT2D eigenvalue weighted by molar-refractivity contribution is 6.27. The topological polar surface area (TPSA) is 56.5 Å². The summed E-state index contributed by atoms with van der Waals surface area (Å²) in [5.41, 5.74) is 16.2. The van der Waals surface area contributed by atoms with Gasteiger partial charge in [0.15, 0.2) is 0 Å². The van der Waals surface area contributed by atoms with Crippen LogP contribution >= 0.6 is 0 Å². The standard InChI is InChI=1S/C58H37N5/c1-3-14-38(15-4-1)43-29-32-52(60-37-43)54-36-44(35-53(61-54)40-27-25-39(26-28-40)50-22-11-12-33-59-50)41-16-13-17-42(34-41)57-49-31-30-47-46-20-8-10-24-55(46)63(45-18-5-2-6-19-45)58(47)56(49)48-21-7-9-23-51(48)62-57/h1-37H. The van der Waals surface area contributed by atoms with Gasteiger partial charge in [0.05, 0.1) is 45.0 Å². The molecular formula is C58H37N5. The Bertz CT molecular complexity index is 3540. The quantitative estimate of drug-likeness (QED) is 0.151. The number of hydrogen-bond acceptors (Lipinski definition) is 4. The summed E-state index contributed by atoms with van der Waals surface area (Å²) in [6.45, 7) is 0. The van der Waals surface area contributed by atoms with Gasteiger partial charge >= 0.3 is 0 Å². The normalized spacial score (nSPS) is 11.5. The molecule has 0 unspecified atom stereocenters. The van der Waals surface area contributed by atoms with Crippen molar-refractivity contribution in [3.8, 4) is 73.1 Å². The van der Waals surface area contributed by atoms with Crippen molar-refractivity contribution in [3.63, 3.8) is 0 Å². The fourth-order valence-electron chi connectivity index (χ4n) is 9.07. The van der Waals surface area contributed by atoms with Crippen molar-refractivity contribution in [2.75, 3.05) is 0 Å². The molecule has 0 saturated carbocycles. The van der Waals surface area contributed by atoms with Gasteiger partial charge in [-0.15, -0.1) is 0 Å². The average Bonchev–Trinajstić information content (AvgIpc) is 3.71. The van der Waals surface area contributed by atoms with Gasteiger partial charge in [0.25, 0.3) is 0 Å². The summed E-state index contributed by atoms with van der Waals surface area (Å²) >= 11 is 0. The highest BCUT2D eigenvalue weighted by atomic mass is 15.0. The molecule has 5 nitrogen and oxygen atoms in total. The summed E-state index contributed by atoms with van der Waals surface area (Å²) in [6.07, 6.45) is 3.76. The summed E-state index contributed by atoms with van der Waals surface area (Å²) in [5, 5.41) is 5.86. The monoisotopic (exact) mass is 803 g/mol. The van der Waals surface area contributed by atoms with Gasteiger partial charge in [-0.25, -0.2) is 9.97 Å². The SMILES string of the molecule is c1ccc(-c2ccc(-c3cc(-c4cccc(-c5nc6ccccc6c6c5ccc5c7ccccc7n(-c7ccccc7)c56)c4)cc(-c4ccc(-c5ccccn5)cc4)n3)nc2)cc1. The van der Waals surface area contributed by atoms with Crippen LogP contribution in [0.5, 0.6) is 0 Å². The Labute approximate surface area is 364 Å². The highest BCUT2D eigenvalue weighted by Gasteiger charge is 2.20. The maximum Gasteiger partial charge on any atom is 0.0899 e. The van der Waals surface area contributed by atoms with Crippen LogP contribution in [0.3, 0.4) is 0 Å². The first-order valence-corrected chi connectivity index (χ1v) is 21.2. The molecule has 12 aromatic rings. The third kappa shape index (κ3) is 6.42. The number of fused-ring (bicyclic) bond motifs is 7. The molecule has 5 heteroatoms. The lowest BCUT2D eigenvalue weighted by Crippen LogP contribution is -1.96. The van der Waals surface area contributed by atoms with Crippen LogP contribution in [0, 0.1) is 0 Å². The van der Waals surface area contributed by atoms with E-state index in [-0.39, 0.29) is 0 Å². The van der Waals surface area contributed by atoms with Gasteiger partial charge in [-0.2, -0.15) is 0 Å². The second-order valence-corrected chi connectivity index (χ2v) is 15.8. The first kappa shape index (κ1) is 36.3. The minimum atomic E-state index is 0.798. The Morgan fingerprint density at radius 1 is 0.333 bits per heavy atom. The first-order valence-electron chi connectivity index (χ1n) is 21.2. The van der Waals surface area contributed by atoms with Crippen molar-refractivity contribution in [3.05, 3.63) is 225 Å². The van der Waals surface area contributed by atoms with E-state index in [1.807, 2.05) is 36.7 Å². The predicted molar refractivity (Wildman–Crippen MR) is 260 cm³/mol. The minimum Gasteiger partial charge on any atom is -0.309 e. The van der Waals surface area contributed by atoms with Gasteiger partial charge in [-0.05, 0) is 77.4 Å². The summed E-state index contributed by atoms with van der Waals surface area (Å²) in [7, 11) is 0. The number of hydrogen-bond donors (Lipinski definition) is 0. The van der Waals surface area contributed by atoms with Crippen LogP contribution in [0.1, 0.15) is 0 Å². The van der Waals surface area contributed by atoms with Crippen LogP contribution in [0.2, 0.25) is 0 Å². The third-order valence-electron chi connectivity index (χ3n) is 12.1. The van der Waals surface area contributed by atoms with E-state index in [1.54, 1.807) is 0 Å². The lowest BCUT2D eigenvalue weighted by Gasteiger charge is -2.15. The summed E-state index contributed by atoms with van der Waals surface area (Å²) in [5.74, 6) is 0. The number of nitrogens with zero attached hydrogens (tertiary/aromatic N) is 5. The molecule has 0 bridgehead atoms. The smallest absolute Gasteiger partial charge is 0.0899 e. The maximum atomic E-state index is 5.43. The zero-order chi connectivity index (χ0) is 41.7. The van der Waals surface area contributed by atoms with Crippen molar-refractivity contribution in [2.45, 2.75) is 0 Å². The number of benzene rings is 7. The zero-order valence-corrected chi connectivity index (χ0v) is 34.1. The second-order valence-electron chi connectivity index (χ2n) is 15.8. The fourth-order valence-corrected chi connectivity index (χ4v) is 9.07. The van der Waals surface area contributed by atoms with Gasteiger partial charge in [-0.1, -0.05) is 152 Å². The van der Waals surface area contributed by atoms with Crippen LogP contribution in [0.4, 0.5) is 0 Å². The molecule has 0 aliphatic rings. The molecule has 0 amide bonds. The lowest BCUT2D eigenvalue weighted by molar-refractivity contribution is 1.19. The van der Waals surface area contributed by atoms with Crippen LogP contribution in [0.25, 0.3) is 117 Å². The van der Waals surface area contributed by atoms with Gasteiger partial charge in [0.2, 0.25) is 0 Å². The van der Waals surface area contributed by atoms with Crippen molar-refractivity contribution >= 4 is 43.5 Å². The lowest BCUT2D eigenvalue weighted by atomic mass is 9.95. The van der Waals surface area contributed by atoms with E-state index >= 15 is 0 Å². The Hall–Kier alpha value is -8.54. The van der Waals surface area contributed by atoms with E-state index in [2.05, 4.69) is 198 Å². The van der Waals surface area contributed by atoms with E-state index in [9.17, 15) is 0 Å². The number of pyridine rings is 4. The van der Waals surface area contributed by atoms with Crippen molar-refractivity contribution in [1.82, 2.24) is 24.5 Å². The van der Waals surface area contributed by atoms with Crippen LogP contribution in [-0.4, -0.2) is 24.5 Å². The summed E-state index contributed by atoms with van der Waals surface area (Å²) < 4.78 is 2.42. The van der Waals surface area contributed by atoms with E-state index < -0.39 is 0 Å². The highest BCUT2D eigenvalue weighted by Crippen LogP contribution is 2.43. The Morgan fingerprint density at radius 2 is 1.00 bits per heavy atom. The van der Waals surface area contributed by atoms with Gasteiger partial charge in [0.1, 0.15) is 0 Å². The van der Waals surface area contributed by atoms with Crippen molar-refractivity contribution < 1.29 is 0 Å². The number of para-hydroxylation sites is 3. The first-order chi connectivity index (χ1) is 31.2. The molecule has 0 saturated heterocycles. The Morgan fingerprint density at radius 3 is 1.79 bits per heavy atom. The van der Waals surface area contributed by atoms with E-state index in [4.69, 9.17) is 15.0 Å². The van der Waals surface area contributed by atoms with Crippen molar-refractivity contribution in [1.29, 1.82) is 0 Å². The minimum absolute atomic E-state index is 0.798. The molecule has 7 aromatic carbocycles. The van der Waals surface area contributed by atoms with Crippen LogP contribution in [-0.2, 0) is 0 Å². The van der Waals surface area contributed by atoms with Crippen LogP contribution in [0.15, 0.2) is 225 Å². The van der Waals surface area contributed by atoms with E-state index in [1.165, 1.54) is 27.2 Å². The largest absolute Gasteiger partial charge is 0.309 e. The molecule has 294 valence electrons. The average molecular weight is 804 g/mol. The number of aromatic nitrogens is 5. The molecule has 0 aliphatic carbocycles. The molecule has 63 heavy (non-hydrogen) atoms. The molecule has 0 radical (unpaired) electrons.